The molecule has 34 heavy (non-hydrogen) atoms. The van der Waals surface area contributed by atoms with Crippen molar-refractivity contribution in [1.82, 2.24) is 15.3 Å². The molecule has 0 fully saturated rings. The summed E-state index contributed by atoms with van der Waals surface area (Å²) < 4.78 is 57.6. The molecule has 3 N–H and O–H groups in total. The van der Waals surface area contributed by atoms with E-state index in [1.165, 1.54) is 36.4 Å². The number of benzene rings is 2. The van der Waals surface area contributed by atoms with E-state index < -0.39 is 23.6 Å². The van der Waals surface area contributed by atoms with Gasteiger partial charge in [0.2, 0.25) is 6.41 Å². The Morgan fingerprint density at radius 3 is 2.74 bits per heavy atom. The topological polar surface area (TPSA) is 96.1 Å². The van der Waals surface area contributed by atoms with E-state index in [0.29, 0.717) is 31.1 Å². The zero-order chi connectivity index (χ0) is 24.6. The molecule has 0 aliphatic heterocycles. The first-order chi connectivity index (χ1) is 16.3. The van der Waals surface area contributed by atoms with Crippen LogP contribution < -0.4 is 15.4 Å². The minimum Gasteiger partial charge on any atom is -0.491 e. The third-order valence-electron chi connectivity index (χ3n) is 4.33. The van der Waals surface area contributed by atoms with Gasteiger partial charge >= 0.3 is 12.1 Å². The summed E-state index contributed by atoms with van der Waals surface area (Å²) in [6.07, 6.45) is -2.90. The Labute approximate surface area is 191 Å². The molecule has 0 aliphatic carbocycles. The number of hydrogen-bond donors (Lipinski definition) is 3. The maximum Gasteiger partial charge on any atom is 0.432 e. The van der Waals surface area contributed by atoms with Gasteiger partial charge < -0.3 is 20.4 Å². The molecule has 2 aromatic carbocycles. The summed E-state index contributed by atoms with van der Waals surface area (Å²) >= 11 is 0. The van der Waals surface area contributed by atoms with Gasteiger partial charge in [0.1, 0.15) is 23.1 Å². The van der Waals surface area contributed by atoms with Gasteiger partial charge in [-0.05, 0) is 42.8 Å². The number of imidazole rings is 1. The molecular weight excluding hydrogens is 456 g/mol. The lowest BCUT2D eigenvalue weighted by Gasteiger charge is -2.13. The van der Waals surface area contributed by atoms with Gasteiger partial charge in [-0.25, -0.2) is 9.37 Å². The second-order valence-corrected chi connectivity index (χ2v) is 6.84. The number of ether oxygens (including phenoxy) is 1. The highest BCUT2D eigenvalue weighted by molar-refractivity contribution is 6.05. The molecule has 0 saturated carbocycles. The number of aromatic nitrogens is 2. The zero-order valence-corrected chi connectivity index (χ0v) is 17.5. The summed E-state index contributed by atoms with van der Waals surface area (Å²) in [5, 5.41) is 5.01. The highest BCUT2D eigenvalue weighted by atomic mass is 19.4. The summed E-state index contributed by atoms with van der Waals surface area (Å²) in [5.74, 6) is 3.78. The highest BCUT2D eigenvalue weighted by Crippen LogP contribution is 2.32. The van der Waals surface area contributed by atoms with Crippen molar-refractivity contribution in [2.45, 2.75) is 12.6 Å². The van der Waals surface area contributed by atoms with Crippen LogP contribution in [0.2, 0.25) is 0 Å². The lowest BCUT2D eigenvalue weighted by atomic mass is 10.1. The zero-order valence-electron chi connectivity index (χ0n) is 17.5. The number of anilines is 1. The van der Waals surface area contributed by atoms with Crippen molar-refractivity contribution in [3.63, 3.8) is 0 Å². The molecule has 0 unspecified atom stereocenters. The van der Waals surface area contributed by atoms with E-state index in [0.717, 1.165) is 6.07 Å². The maximum absolute atomic E-state index is 13.3. The molecule has 11 heteroatoms. The van der Waals surface area contributed by atoms with Crippen LogP contribution in [0.4, 0.5) is 23.2 Å². The number of carbonyl (C=O) groups excluding carboxylic acids is 2. The van der Waals surface area contributed by atoms with Crippen LogP contribution >= 0.6 is 0 Å². The summed E-state index contributed by atoms with van der Waals surface area (Å²) in [4.78, 5) is 28.6. The van der Waals surface area contributed by atoms with Crippen molar-refractivity contribution in [2.24, 2.45) is 0 Å². The number of rotatable bonds is 8. The quantitative estimate of drug-likeness (QED) is 0.201. The van der Waals surface area contributed by atoms with Gasteiger partial charge in [0.15, 0.2) is 0 Å². The number of H-pyrrole nitrogens is 1. The summed E-state index contributed by atoms with van der Waals surface area (Å²) in [6.45, 7) is 0.562. The molecule has 1 aromatic heterocycles. The average molecular weight is 474 g/mol. The molecule has 0 aliphatic rings. The Kier molecular flexibility index (Phi) is 7.87. The first-order valence-corrected chi connectivity index (χ1v) is 9.91. The van der Waals surface area contributed by atoms with Gasteiger partial charge in [0.05, 0.1) is 18.5 Å². The Balaban J connectivity index is 1.83. The fourth-order valence-corrected chi connectivity index (χ4v) is 2.78. The first kappa shape index (κ1) is 24.3. The van der Waals surface area contributed by atoms with E-state index in [-0.39, 0.29) is 29.4 Å². The number of amides is 2. The molecule has 2 amide bonds. The summed E-state index contributed by atoms with van der Waals surface area (Å²) in [5.41, 5.74) is -0.321. The normalized spacial score (nSPS) is 10.7. The van der Waals surface area contributed by atoms with Crippen LogP contribution in [0.5, 0.6) is 5.75 Å². The standard InChI is InChI=1S/C23H18F4N4O3/c24-17-4-1-3-15(11-17)5-8-21(33)30-18-12-16(22-29-13-20(31-22)23(25,26)27)6-7-19(18)34-10-2-9-28-14-32/h1,3-4,6-7,11-14H,2,9-10H2,(H,28,32)(H,29,31)(H,30,33). The van der Waals surface area contributed by atoms with Crippen LogP contribution in [0.15, 0.2) is 48.7 Å². The third kappa shape index (κ3) is 6.83. The van der Waals surface area contributed by atoms with Gasteiger partial charge in [-0.15, -0.1) is 0 Å². The van der Waals surface area contributed by atoms with Crippen molar-refractivity contribution < 1.29 is 31.9 Å². The van der Waals surface area contributed by atoms with E-state index in [1.54, 1.807) is 0 Å². The molecular formula is C23H18F4N4O3. The third-order valence-corrected chi connectivity index (χ3v) is 4.33. The smallest absolute Gasteiger partial charge is 0.432 e. The van der Waals surface area contributed by atoms with E-state index >= 15 is 0 Å². The van der Waals surface area contributed by atoms with Crippen molar-refractivity contribution in [2.75, 3.05) is 18.5 Å². The van der Waals surface area contributed by atoms with Crippen LogP contribution in [0, 0.1) is 17.7 Å². The number of hydrogen-bond acceptors (Lipinski definition) is 4. The maximum atomic E-state index is 13.3. The first-order valence-electron chi connectivity index (χ1n) is 9.91. The van der Waals surface area contributed by atoms with Crippen LogP contribution in [0.3, 0.4) is 0 Å². The molecule has 0 atom stereocenters. The lowest BCUT2D eigenvalue weighted by molar-refractivity contribution is -0.140. The molecule has 7 nitrogen and oxygen atoms in total. The van der Waals surface area contributed by atoms with Crippen molar-refractivity contribution in [1.29, 1.82) is 0 Å². The molecule has 3 aromatic rings. The number of nitrogens with zero attached hydrogens (tertiary/aromatic N) is 1. The second kappa shape index (κ2) is 11.0. The largest absolute Gasteiger partial charge is 0.491 e. The molecule has 3 rings (SSSR count). The van der Waals surface area contributed by atoms with E-state index in [2.05, 4.69) is 32.4 Å². The Morgan fingerprint density at radius 2 is 2.03 bits per heavy atom. The molecule has 0 saturated heterocycles. The minimum absolute atomic E-state index is 0.0598. The van der Waals surface area contributed by atoms with Crippen molar-refractivity contribution in [3.05, 3.63) is 65.7 Å². The molecule has 0 spiro atoms. The predicted octanol–water partition coefficient (Wildman–Crippen LogP) is 3.74. The number of carbonyl (C=O) groups is 2. The monoisotopic (exact) mass is 474 g/mol. The highest BCUT2D eigenvalue weighted by Gasteiger charge is 2.33. The van der Waals surface area contributed by atoms with Crippen LogP contribution in [-0.4, -0.2) is 35.4 Å². The minimum atomic E-state index is -4.59. The van der Waals surface area contributed by atoms with Gasteiger partial charge in [-0.2, -0.15) is 13.2 Å². The number of halogens is 4. The molecule has 176 valence electrons. The van der Waals surface area contributed by atoms with Crippen molar-refractivity contribution in [3.8, 4) is 29.0 Å². The van der Waals surface area contributed by atoms with E-state index in [9.17, 15) is 27.2 Å². The second-order valence-electron chi connectivity index (χ2n) is 6.84. The van der Waals surface area contributed by atoms with Crippen molar-refractivity contribution >= 4 is 18.0 Å². The van der Waals surface area contributed by atoms with Gasteiger partial charge in [0.25, 0.3) is 0 Å². The molecule has 0 bridgehead atoms. The molecule has 1 heterocycles. The Morgan fingerprint density at radius 1 is 1.21 bits per heavy atom. The van der Waals surface area contributed by atoms with E-state index in [1.807, 2.05) is 0 Å². The predicted molar refractivity (Wildman–Crippen MR) is 115 cm³/mol. The lowest BCUT2D eigenvalue weighted by Crippen LogP contribution is -2.15. The van der Waals surface area contributed by atoms with Gasteiger partial charge in [-0.3, -0.25) is 9.59 Å². The van der Waals surface area contributed by atoms with Gasteiger partial charge in [0, 0.05) is 23.6 Å². The van der Waals surface area contributed by atoms with Crippen LogP contribution in [-0.2, 0) is 15.8 Å². The summed E-state index contributed by atoms with van der Waals surface area (Å²) in [6, 6.07) is 9.72. The fourth-order valence-electron chi connectivity index (χ4n) is 2.78. The number of alkyl halides is 3. The van der Waals surface area contributed by atoms with Crippen LogP contribution in [0.1, 0.15) is 17.7 Å². The fraction of sp³-hybridized carbons (Fsp3) is 0.174. The average Bonchev–Trinajstić information content (AvgIpc) is 3.29. The van der Waals surface area contributed by atoms with Crippen LogP contribution in [0.25, 0.3) is 11.4 Å². The summed E-state index contributed by atoms with van der Waals surface area (Å²) in [7, 11) is 0. The van der Waals surface area contributed by atoms with E-state index in [4.69, 9.17) is 4.74 Å². The Bertz CT molecular complexity index is 1230. The number of nitrogens with one attached hydrogen (secondary N) is 3. The molecule has 0 radical (unpaired) electrons. The van der Waals surface area contributed by atoms with Gasteiger partial charge in [-0.1, -0.05) is 12.0 Å². The SMILES string of the molecule is O=CNCCCOc1ccc(-c2ncc(C(F)(F)F)[nH]2)cc1NC(=O)C#Cc1cccc(F)c1. The number of aromatic amines is 1. The Hall–Kier alpha value is -4.33.